The third-order valence-electron chi connectivity index (χ3n) is 4.87. The van der Waals surface area contributed by atoms with Crippen LogP contribution >= 0.6 is 0 Å². The number of H-pyrrole nitrogens is 1. The van der Waals surface area contributed by atoms with Crippen LogP contribution < -0.4 is 4.74 Å². The molecule has 3 aromatic rings. The van der Waals surface area contributed by atoms with E-state index in [0.29, 0.717) is 13.1 Å². The molecule has 5 nitrogen and oxygen atoms in total. The Labute approximate surface area is 185 Å². The van der Waals surface area contributed by atoms with Crippen molar-refractivity contribution in [2.75, 3.05) is 13.1 Å². The van der Waals surface area contributed by atoms with Crippen LogP contribution in [0.5, 0.6) is 6.01 Å². The number of imidazole rings is 1. The highest BCUT2D eigenvalue weighted by Crippen LogP contribution is 2.36. The molecular formula is C22H19F6N3O2. The summed E-state index contributed by atoms with van der Waals surface area (Å²) in [5, 5.41) is 0. The SMILES string of the molecule is CCN(CC)C(=O)Oc1nc(-c2ccc(C(F)(F)F)cc2)c(-c2ccc(C(F)(F)F)cc2)[nH]1. The molecule has 3 rings (SSSR count). The molecular weight excluding hydrogens is 452 g/mol. The average Bonchev–Trinajstić information content (AvgIpc) is 3.17. The van der Waals surface area contributed by atoms with Crippen LogP contribution in [0.15, 0.2) is 48.5 Å². The minimum absolute atomic E-state index is 0.117. The van der Waals surface area contributed by atoms with E-state index in [4.69, 9.17) is 4.74 Å². The van der Waals surface area contributed by atoms with Gasteiger partial charge in [0.1, 0.15) is 5.69 Å². The smallest absolute Gasteiger partial charge is 0.375 e. The summed E-state index contributed by atoms with van der Waals surface area (Å²) in [6.45, 7) is 4.23. The molecule has 1 heterocycles. The number of aromatic nitrogens is 2. The number of carbonyl (C=O) groups excluding carboxylic acids is 1. The molecule has 0 aliphatic heterocycles. The summed E-state index contributed by atoms with van der Waals surface area (Å²) in [5.41, 5.74) is -0.910. The molecule has 33 heavy (non-hydrogen) atoms. The van der Waals surface area contributed by atoms with Crippen molar-refractivity contribution in [3.63, 3.8) is 0 Å². The molecule has 1 N–H and O–H groups in total. The van der Waals surface area contributed by atoms with E-state index >= 15 is 0 Å². The van der Waals surface area contributed by atoms with Crippen LogP contribution in [-0.2, 0) is 12.4 Å². The lowest BCUT2D eigenvalue weighted by Crippen LogP contribution is -2.33. The van der Waals surface area contributed by atoms with Gasteiger partial charge in [-0.05, 0) is 38.1 Å². The zero-order valence-electron chi connectivity index (χ0n) is 17.5. The van der Waals surface area contributed by atoms with Crippen molar-refractivity contribution < 1.29 is 35.9 Å². The number of amides is 1. The highest BCUT2D eigenvalue weighted by molar-refractivity contribution is 5.80. The van der Waals surface area contributed by atoms with Gasteiger partial charge in [-0.1, -0.05) is 24.3 Å². The average molecular weight is 471 g/mol. The van der Waals surface area contributed by atoms with Gasteiger partial charge in [0.25, 0.3) is 0 Å². The number of benzene rings is 2. The maximum absolute atomic E-state index is 12.9. The number of nitrogens with zero attached hydrogens (tertiary/aromatic N) is 2. The van der Waals surface area contributed by atoms with Crippen molar-refractivity contribution in [2.45, 2.75) is 26.2 Å². The zero-order chi connectivity index (χ0) is 24.4. The van der Waals surface area contributed by atoms with E-state index in [1.54, 1.807) is 13.8 Å². The van der Waals surface area contributed by atoms with Gasteiger partial charge in [0.05, 0.1) is 16.8 Å². The number of rotatable bonds is 5. The molecule has 0 saturated carbocycles. The van der Waals surface area contributed by atoms with Crippen LogP contribution in [0.4, 0.5) is 31.1 Å². The summed E-state index contributed by atoms with van der Waals surface area (Å²) in [7, 11) is 0. The molecule has 0 spiro atoms. The summed E-state index contributed by atoms with van der Waals surface area (Å²) >= 11 is 0. The van der Waals surface area contributed by atoms with E-state index in [2.05, 4.69) is 9.97 Å². The second-order valence-corrected chi connectivity index (χ2v) is 6.96. The lowest BCUT2D eigenvalue weighted by atomic mass is 10.0. The molecule has 11 heteroatoms. The third-order valence-corrected chi connectivity index (χ3v) is 4.87. The van der Waals surface area contributed by atoms with E-state index in [1.165, 1.54) is 29.2 Å². The van der Waals surface area contributed by atoms with E-state index in [-0.39, 0.29) is 28.5 Å². The third kappa shape index (κ3) is 5.47. The predicted molar refractivity (Wildman–Crippen MR) is 108 cm³/mol. The summed E-state index contributed by atoms with van der Waals surface area (Å²) in [5.74, 6) is 0. The van der Waals surface area contributed by atoms with Crippen molar-refractivity contribution in [2.24, 2.45) is 0 Å². The summed E-state index contributed by atoms with van der Waals surface area (Å²) in [4.78, 5) is 20.6. The normalized spacial score (nSPS) is 12.0. The van der Waals surface area contributed by atoms with E-state index in [0.717, 1.165) is 24.3 Å². The van der Waals surface area contributed by atoms with Crippen molar-refractivity contribution in [3.8, 4) is 28.5 Å². The van der Waals surface area contributed by atoms with Gasteiger partial charge in [-0.25, -0.2) is 4.79 Å². The molecule has 0 fully saturated rings. The topological polar surface area (TPSA) is 58.2 Å². The standard InChI is InChI=1S/C22H19F6N3O2/c1-3-31(4-2)20(32)33-19-29-17(13-5-9-15(10-6-13)21(23,24)25)18(30-19)14-7-11-16(12-8-14)22(26,27)28/h5-12H,3-4H2,1-2H3,(H,29,30). The molecule has 0 aliphatic rings. The fraction of sp³-hybridized carbons (Fsp3) is 0.273. The van der Waals surface area contributed by atoms with E-state index in [1.807, 2.05) is 0 Å². The number of halogens is 6. The fourth-order valence-corrected chi connectivity index (χ4v) is 3.09. The second kappa shape index (κ2) is 9.16. The molecule has 0 aliphatic carbocycles. The largest absolute Gasteiger partial charge is 0.417 e. The molecule has 2 aromatic carbocycles. The highest BCUT2D eigenvalue weighted by Gasteiger charge is 2.31. The van der Waals surface area contributed by atoms with Crippen molar-refractivity contribution >= 4 is 6.09 Å². The molecule has 0 saturated heterocycles. The lowest BCUT2D eigenvalue weighted by molar-refractivity contribution is -0.138. The van der Waals surface area contributed by atoms with Gasteiger partial charge in [0, 0.05) is 24.2 Å². The zero-order valence-corrected chi connectivity index (χ0v) is 17.5. The number of ether oxygens (including phenoxy) is 1. The number of hydrogen-bond acceptors (Lipinski definition) is 3. The Morgan fingerprint density at radius 3 is 1.73 bits per heavy atom. The minimum Gasteiger partial charge on any atom is -0.375 e. The Morgan fingerprint density at radius 1 is 0.848 bits per heavy atom. The first kappa shape index (κ1) is 24.1. The first-order chi connectivity index (χ1) is 15.4. The summed E-state index contributed by atoms with van der Waals surface area (Å²) in [6.07, 6.45) is -9.77. The molecule has 1 amide bonds. The second-order valence-electron chi connectivity index (χ2n) is 6.96. The predicted octanol–water partition coefficient (Wildman–Crippen LogP) is 6.62. The van der Waals surface area contributed by atoms with Gasteiger partial charge in [-0.3, -0.25) is 0 Å². The van der Waals surface area contributed by atoms with E-state index < -0.39 is 29.6 Å². The number of alkyl halides is 6. The highest BCUT2D eigenvalue weighted by atomic mass is 19.4. The number of hydrogen-bond donors (Lipinski definition) is 1. The van der Waals surface area contributed by atoms with Crippen LogP contribution in [0, 0.1) is 0 Å². The quantitative estimate of drug-likeness (QED) is 0.426. The van der Waals surface area contributed by atoms with Gasteiger partial charge in [0.2, 0.25) is 0 Å². The number of carbonyl (C=O) groups is 1. The van der Waals surface area contributed by atoms with Crippen molar-refractivity contribution in [1.82, 2.24) is 14.9 Å². The Bertz CT molecular complexity index is 1020. The monoisotopic (exact) mass is 471 g/mol. The van der Waals surface area contributed by atoms with Gasteiger partial charge >= 0.3 is 24.5 Å². The van der Waals surface area contributed by atoms with Crippen molar-refractivity contribution in [3.05, 3.63) is 59.7 Å². The lowest BCUT2D eigenvalue weighted by Gasteiger charge is -2.16. The van der Waals surface area contributed by atoms with Gasteiger partial charge in [0.15, 0.2) is 0 Å². The Hall–Kier alpha value is -3.50. The Morgan fingerprint density at radius 2 is 1.30 bits per heavy atom. The number of nitrogens with one attached hydrogen (secondary N) is 1. The molecule has 1 aromatic heterocycles. The minimum atomic E-state index is -4.54. The Kier molecular flexibility index (Phi) is 6.71. The molecule has 0 atom stereocenters. The maximum Gasteiger partial charge on any atom is 0.417 e. The number of aromatic amines is 1. The first-order valence-corrected chi connectivity index (χ1v) is 9.86. The maximum atomic E-state index is 12.9. The van der Waals surface area contributed by atoms with Crippen LogP contribution in [0.25, 0.3) is 22.5 Å². The Balaban J connectivity index is 2.04. The molecule has 0 radical (unpaired) electrons. The van der Waals surface area contributed by atoms with Crippen molar-refractivity contribution in [1.29, 1.82) is 0 Å². The van der Waals surface area contributed by atoms with E-state index in [9.17, 15) is 31.1 Å². The van der Waals surface area contributed by atoms with Crippen LogP contribution in [0.2, 0.25) is 0 Å². The van der Waals surface area contributed by atoms with Crippen LogP contribution in [0.1, 0.15) is 25.0 Å². The van der Waals surface area contributed by atoms with Gasteiger partial charge < -0.3 is 14.6 Å². The van der Waals surface area contributed by atoms with Crippen LogP contribution in [0.3, 0.4) is 0 Å². The molecule has 0 unspecified atom stereocenters. The fourth-order valence-electron chi connectivity index (χ4n) is 3.09. The summed E-state index contributed by atoms with van der Waals surface area (Å²) < 4.78 is 82.7. The summed E-state index contributed by atoms with van der Waals surface area (Å²) in [6, 6.07) is 7.98. The van der Waals surface area contributed by atoms with Gasteiger partial charge in [-0.15, -0.1) is 0 Å². The van der Waals surface area contributed by atoms with Gasteiger partial charge in [-0.2, -0.15) is 31.3 Å². The first-order valence-electron chi connectivity index (χ1n) is 9.86. The van der Waals surface area contributed by atoms with Crippen LogP contribution in [-0.4, -0.2) is 34.1 Å². The molecule has 176 valence electrons. The molecule has 0 bridgehead atoms.